The minimum atomic E-state index is -3.33. The monoisotopic (exact) mass is 360 g/mol. The maximum absolute atomic E-state index is 12.5. The third-order valence-corrected chi connectivity index (χ3v) is 6.01. The SMILES string of the molecule is O=S(=O)(Cc1ccc2ccccc2c1Br)c1ccccc1. The maximum atomic E-state index is 12.5. The molecule has 0 atom stereocenters. The fourth-order valence-electron chi connectivity index (χ4n) is 2.31. The highest BCUT2D eigenvalue weighted by atomic mass is 79.9. The number of hydrogen-bond donors (Lipinski definition) is 0. The summed E-state index contributed by atoms with van der Waals surface area (Å²) in [7, 11) is -3.33. The molecule has 21 heavy (non-hydrogen) atoms. The molecule has 0 fully saturated rings. The van der Waals surface area contributed by atoms with Crippen molar-refractivity contribution < 1.29 is 8.42 Å². The van der Waals surface area contributed by atoms with Gasteiger partial charge < -0.3 is 0 Å². The van der Waals surface area contributed by atoms with Gasteiger partial charge in [0.2, 0.25) is 0 Å². The Kier molecular flexibility index (Phi) is 3.83. The van der Waals surface area contributed by atoms with Crippen molar-refractivity contribution in [3.8, 4) is 0 Å². The molecule has 0 saturated heterocycles. The first kappa shape index (κ1) is 14.3. The number of rotatable bonds is 3. The van der Waals surface area contributed by atoms with Crippen molar-refractivity contribution in [3.63, 3.8) is 0 Å². The Morgan fingerprint density at radius 3 is 2.24 bits per heavy atom. The second kappa shape index (κ2) is 5.62. The quantitative estimate of drug-likeness (QED) is 0.685. The second-order valence-corrected chi connectivity index (χ2v) is 7.61. The molecule has 3 rings (SSSR count). The highest BCUT2D eigenvalue weighted by Gasteiger charge is 2.17. The predicted octanol–water partition coefficient (Wildman–Crippen LogP) is 4.58. The standard InChI is InChI=1S/C17H13BrO2S/c18-17-14(11-10-13-6-4-5-9-16(13)17)12-21(19,20)15-7-2-1-3-8-15/h1-11H,12H2. The van der Waals surface area contributed by atoms with Gasteiger partial charge in [-0.3, -0.25) is 0 Å². The Morgan fingerprint density at radius 2 is 1.48 bits per heavy atom. The minimum Gasteiger partial charge on any atom is -0.223 e. The van der Waals surface area contributed by atoms with Crippen LogP contribution in [0.15, 0.2) is 76.1 Å². The molecule has 4 heteroatoms. The highest BCUT2D eigenvalue weighted by molar-refractivity contribution is 9.10. The first-order chi connectivity index (χ1) is 10.1. The third-order valence-electron chi connectivity index (χ3n) is 3.39. The molecule has 0 unspecified atom stereocenters. The van der Waals surface area contributed by atoms with Crippen molar-refractivity contribution in [2.24, 2.45) is 0 Å². The smallest absolute Gasteiger partial charge is 0.182 e. The molecule has 2 nitrogen and oxygen atoms in total. The van der Waals surface area contributed by atoms with Crippen LogP contribution in [0.25, 0.3) is 10.8 Å². The van der Waals surface area contributed by atoms with E-state index in [4.69, 9.17) is 0 Å². The molecule has 0 aliphatic carbocycles. The van der Waals surface area contributed by atoms with Gasteiger partial charge in [0.1, 0.15) is 0 Å². The molecule has 0 N–H and O–H groups in total. The first-order valence-corrected chi connectivity index (χ1v) is 8.96. The fraction of sp³-hybridized carbons (Fsp3) is 0.0588. The van der Waals surface area contributed by atoms with Gasteiger partial charge in [-0.25, -0.2) is 8.42 Å². The molecule has 0 radical (unpaired) electrons. The first-order valence-electron chi connectivity index (χ1n) is 6.52. The van der Waals surface area contributed by atoms with Gasteiger partial charge in [0.25, 0.3) is 0 Å². The number of sulfone groups is 1. The van der Waals surface area contributed by atoms with Crippen molar-refractivity contribution >= 4 is 36.5 Å². The van der Waals surface area contributed by atoms with Crippen LogP contribution in [0, 0.1) is 0 Å². The zero-order valence-electron chi connectivity index (χ0n) is 11.2. The average molecular weight is 361 g/mol. The van der Waals surface area contributed by atoms with Crippen molar-refractivity contribution in [2.75, 3.05) is 0 Å². The van der Waals surface area contributed by atoms with Gasteiger partial charge in [0.05, 0.1) is 10.6 Å². The van der Waals surface area contributed by atoms with Crippen LogP contribution in [0.5, 0.6) is 0 Å². The van der Waals surface area contributed by atoms with Gasteiger partial charge in [0, 0.05) is 4.47 Å². The number of halogens is 1. The lowest BCUT2D eigenvalue weighted by Gasteiger charge is -2.09. The lowest BCUT2D eigenvalue weighted by atomic mass is 10.1. The Hall–Kier alpha value is -1.65. The largest absolute Gasteiger partial charge is 0.223 e. The van der Waals surface area contributed by atoms with Crippen LogP contribution >= 0.6 is 15.9 Å². The summed E-state index contributed by atoms with van der Waals surface area (Å²) >= 11 is 3.54. The molecule has 0 heterocycles. The summed E-state index contributed by atoms with van der Waals surface area (Å²) in [5.41, 5.74) is 0.776. The summed E-state index contributed by atoms with van der Waals surface area (Å²) < 4.78 is 25.8. The summed E-state index contributed by atoms with van der Waals surface area (Å²) in [5, 5.41) is 2.11. The van der Waals surface area contributed by atoms with Crippen molar-refractivity contribution in [3.05, 3.63) is 76.8 Å². The molecule has 106 valence electrons. The summed E-state index contributed by atoms with van der Waals surface area (Å²) in [6, 6.07) is 20.3. The van der Waals surface area contributed by atoms with Crippen LogP contribution < -0.4 is 0 Å². The summed E-state index contributed by atoms with van der Waals surface area (Å²) in [6.45, 7) is 0. The van der Waals surface area contributed by atoms with E-state index in [1.807, 2.05) is 42.5 Å². The van der Waals surface area contributed by atoms with Crippen LogP contribution in [0.4, 0.5) is 0 Å². The van der Waals surface area contributed by atoms with Gasteiger partial charge in [-0.2, -0.15) is 0 Å². The number of hydrogen-bond acceptors (Lipinski definition) is 2. The van der Waals surface area contributed by atoms with Gasteiger partial charge >= 0.3 is 0 Å². The van der Waals surface area contributed by atoms with E-state index in [1.165, 1.54) is 0 Å². The van der Waals surface area contributed by atoms with Gasteiger partial charge in [-0.15, -0.1) is 0 Å². The number of benzene rings is 3. The Labute approximate surface area is 132 Å². The zero-order chi connectivity index (χ0) is 14.9. The summed E-state index contributed by atoms with van der Waals surface area (Å²) in [6.07, 6.45) is 0. The minimum absolute atomic E-state index is 0.0115. The molecule has 3 aromatic rings. The molecule has 0 saturated carbocycles. The van der Waals surface area contributed by atoms with Gasteiger partial charge in [-0.1, -0.05) is 54.6 Å². The molecule has 0 aliphatic rings. The van der Waals surface area contributed by atoms with E-state index in [0.29, 0.717) is 4.90 Å². The van der Waals surface area contributed by atoms with E-state index >= 15 is 0 Å². The van der Waals surface area contributed by atoms with Crippen LogP contribution in [0.1, 0.15) is 5.56 Å². The molecule has 3 aromatic carbocycles. The van der Waals surface area contributed by atoms with Crippen LogP contribution in [-0.4, -0.2) is 8.42 Å². The lowest BCUT2D eigenvalue weighted by Crippen LogP contribution is -2.05. The lowest BCUT2D eigenvalue weighted by molar-refractivity contribution is 0.595. The van der Waals surface area contributed by atoms with Crippen LogP contribution in [0.3, 0.4) is 0 Å². The van der Waals surface area contributed by atoms with Crippen LogP contribution in [0.2, 0.25) is 0 Å². The predicted molar refractivity (Wildman–Crippen MR) is 89.0 cm³/mol. The molecule has 0 aromatic heterocycles. The molecular formula is C17H13BrO2S. The van der Waals surface area contributed by atoms with Crippen molar-refractivity contribution in [2.45, 2.75) is 10.6 Å². The van der Waals surface area contributed by atoms with E-state index in [2.05, 4.69) is 15.9 Å². The molecule has 0 amide bonds. The topological polar surface area (TPSA) is 34.1 Å². The van der Waals surface area contributed by atoms with Crippen LogP contribution in [-0.2, 0) is 15.6 Å². The van der Waals surface area contributed by atoms with E-state index in [0.717, 1.165) is 20.8 Å². The zero-order valence-corrected chi connectivity index (χ0v) is 13.6. The fourth-order valence-corrected chi connectivity index (χ4v) is 4.51. The second-order valence-electron chi connectivity index (χ2n) is 4.83. The van der Waals surface area contributed by atoms with Gasteiger partial charge in [0.15, 0.2) is 9.84 Å². The molecule has 0 spiro atoms. The Balaban J connectivity index is 2.05. The van der Waals surface area contributed by atoms with E-state index < -0.39 is 9.84 Å². The Bertz CT molecular complexity index is 887. The van der Waals surface area contributed by atoms with Crippen molar-refractivity contribution in [1.82, 2.24) is 0 Å². The van der Waals surface area contributed by atoms with E-state index in [9.17, 15) is 8.42 Å². The highest BCUT2D eigenvalue weighted by Crippen LogP contribution is 2.30. The average Bonchev–Trinajstić information content (AvgIpc) is 2.51. The van der Waals surface area contributed by atoms with E-state index in [1.54, 1.807) is 24.3 Å². The number of fused-ring (bicyclic) bond motifs is 1. The summed E-state index contributed by atoms with van der Waals surface area (Å²) in [4.78, 5) is 0.352. The molecule has 0 aliphatic heterocycles. The summed E-state index contributed by atoms with van der Waals surface area (Å²) in [5.74, 6) is -0.0115. The van der Waals surface area contributed by atoms with E-state index in [-0.39, 0.29) is 5.75 Å². The van der Waals surface area contributed by atoms with Crippen molar-refractivity contribution in [1.29, 1.82) is 0 Å². The van der Waals surface area contributed by atoms with Gasteiger partial charge in [-0.05, 0) is 44.4 Å². The third kappa shape index (κ3) is 2.87. The normalized spacial score (nSPS) is 11.7. The Morgan fingerprint density at radius 1 is 0.810 bits per heavy atom. The molecular weight excluding hydrogens is 348 g/mol. The maximum Gasteiger partial charge on any atom is 0.182 e. The molecule has 0 bridgehead atoms.